The van der Waals surface area contributed by atoms with Gasteiger partial charge in [0.1, 0.15) is 0 Å². The molecule has 3 aromatic rings. The molecule has 6 nitrogen and oxygen atoms in total. The fourth-order valence-corrected chi connectivity index (χ4v) is 4.36. The monoisotopic (exact) mass is 330 g/mol. The number of hydrogen-bond acceptors (Lipinski definition) is 4. The number of nitrogens with one attached hydrogen (secondary N) is 1. The smallest absolute Gasteiger partial charge is 0.408 e. The molecule has 4 rings (SSSR count). The lowest BCUT2D eigenvalue weighted by molar-refractivity contribution is 0.391. The van der Waals surface area contributed by atoms with Crippen LogP contribution < -0.4 is 5.76 Å². The van der Waals surface area contributed by atoms with Gasteiger partial charge in [0, 0.05) is 13.1 Å². The van der Waals surface area contributed by atoms with Crippen LogP contribution in [0.1, 0.15) is 11.1 Å². The van der Waals surface area contributed by atoms with Crippen LogP contribution in [0.4, 0.5) is 0 Å². The second-order valence-corrected chi connectivity index (χ2v) is 7.47. The van der Waals surface area contributed by atoms with Crippen molar-refractivity contribution in [3.8, 4) is 0 Å². The Morgan fingerprint density at radius 1 is 1.09 bits per heavy atom. The second-order valence-electron chi connectivity index (χ2n) is 5.53. The van der Waals surface area contributed by atoms with E-state index in [2.05, 4.69) is 4.98 Å². The fourth-order valence-electron chi connectivity index (χ4n) is 2.92. The van der Waals surface area contributed by atoms with Gasteiger partial charge in [-0.2, -0.15) is 4.31 Å². The van der Waals surface area contributed by atoms with Crippen LogP contribution in [0.15, 0.2) is 56.6 Å². The number of aromatic nitrogens is 1. The van der Waals surface area contributed by atoms with Crippen LogP contribution in [-0.2, 0) is 23.0 Å². The molecule has 23 heavy (non-hydrogen) atoms. The molecule has 0 saturated heterocycles. The third kappa shape index (κ3) is 2.38. The van der Waals surface area contributed by atoms with E-state index in [-0.39, 0.29) is 4.90 Å². The molecule has 2 heterocycles. The molecule has 0 unspecified atom stereocenters. The van der Waals surface area contributed by atoms with E-state index in [1.165, 1.54) is 28.1 Å². The van der Waals surface area contributed by atoms with E-state index in [9.17, 15) is 13.2 Å². The predicted octanol–water partition coefficient (Wildman–Crippen LogP) is 1.87. The van der Waals surface area contributed by atoms with Crippen molar-refractivity contribution in [2.45, 2.75) is 17.9 Å². The highest BCUT2D eigenvalue weighted by atomic mass is 32.2. The first kappa shape index (κ1) is 14.2. The Morgan fingerprint density at radius 2 is 1.87 bits per heavy atom. The molecule has 0 spiro atoms. The summed E-state index contributed by atoms with van der Waals surface area (Å²) in [5, 5.41) is 0. The van der Waals surface area contributed by atoms with E-state index in [0.29, 0.717) is 30.6 Å². The van der Waals surface area contributed by atoms with E-state index < -0.39 is 15.8 Å². The minimum atomic E-state index is -3.62. The summed E-state index contributed by atoms with van der Waals surface area (Å²) in [6, 6.07) is 12.3. The molecule has 0 saturated carbocycles. The van der Waals surface area contributed by atoms with E-state index in [1.54, 1.807) is 0 Å². The molecule has 0 atom stereocenters. The topological polar surface area (TPSA) is 83.4 Å². The van der Waals surface area contributed by atoms with Gasteiger partial charge in [0.25, 0.3) is 0 Å². The van der Waals surface area contributed by atoms with Crippen molar-refractivity contribution >= 4 is 21.1 Å². The minimum absolute atomic E-state index is 0.154. The summed E-state index contributed by atoms with van der Waals surface area (Å²) in [5.74, 6) is -0.596. The third-order valence-corrected chi connectivity index (χ3v) is 5.96. The van der Waals surface area contributed by atoms with Gasteiger partial charge in [0.15, 0.2) is 5.58 Å². The van der Waals surface area contributed by atoms with Crippen molar-refractivity contribution in [2.24, 2.45) is 0 Å². The Balaban J connectivity index is 1.73. The Hall–Kier alpha value is -2.38. The van der Waals surface area contributed by atoms with Crippen LogP contribution in [0.5, 0.6) is 0 Å². The average Bonchev–Trinajstić information content (AvgIpc) is 2.93. The van der Waals surface area contributed by atoms with Gasteiger partial charge in [-0.15, -0.1) is 0 Å². The number of fused-ring (bicyclic) bond motifs is 2. The zero-order valence-corrected chi connectivity index (χ0v) is 13.0. The van der Waals surface area contributed by atoms with Gasteiger partial charge in [-0.1, -0.05) is 24.3 Å². The normalized spacial score (nSPS) is 15.7. The van der Waals surface area contributed by atoms with E-state index in [1.807, 2.05) is 24.3 Å². The Bertz CT molecular complexity index is 1050. The zero-order valence-electron chi connectivity index (χ0n) is 12.2. The maximum absolute atomic E-state index is 12.9. The van der Waals surface area contributed by atoms with Crippen LogP contribution in [0.3, 0.4) is 0 Å². The summed E-state index contributed by atoms with van der Waals surface area (Å²) < 4.78 is 32.1. The molecule has 0 radical (unpaired) electrons. The number of rotatable bonds is 2. The van der Waals surface area contributed by atoms with Gasteiger partial charge >= 0.3 is 5.76 Å². The molecule has 0 bridgehead atoms. The van der Waals surface area contributed by atoms with Crippen LogP contribution in [0, 0.1) is 0 Å². The molecule has 2 aromatic carbocycles. The third-order valence-electron chi connectivity index (χ3n) is 4.12. The lowest BCUT2D eigenvalue weighted by Gasteiger charge is -2.28. The highest BCUT2D eigenvalue weighted by Crippen LogP contribution is 2.26. The van der Waals surface area contributed by atoms with Crippen molar-refractivity contribution < 1.29 is 12.8 Å². The molecule has 0 amide bonds. The fraction of sp³-hybridized carbons (Fsp3) is 0.188. The Labute approximate surface area is 132 Å². The van der Waals surface area contributed by atoms with Crippen LogP contribution in [-0.4, -0.2) is 24.3 Å². The maximum Gasteiger partial charge on any atom is 0.417 e. The molecule has 118 valence electrons. The highest BCUT2D eigenvalue weighted by Gasteiger charge is 2.28. The first-order valence-electron chi connectivity index (χ1n) is 7.24. The van der Waals surface area contributed by atoms with Gasteiger partial charge in [-0.05, 0) is 35.7 Å². The van der Waals surface area contributed by atoms with Crippen LogP contribution in [0.2, 0.25) is 0 Å². The number of oxazole rings is 1. The molecular formula is C16H14N2O4S. The van der Waals surface area contributed by atoms with Gasteiger partial charge in [0.05, 0.1) is 10.4 Å². The minimum Gasteiger partial charge on any atom is -0.408 e. The maximum atomic E-state index is 12.9. The Morgan fingerprint density at radius 3 is 2.70 bits per heavy atom. The molecule has 7 heteroatoms. The van der Waals surface area contributed by atoms with Crippen LogP contribution in [0.25, 0.3) is 11.1 Å². The molecule has 0 aliphatic carbocycles. The number of benzene rings is 2. The molecule has 1 aliphatic rings. The number of nitrogens with zero attached hydrogens (tertiary/aromatic N) is 1. The van der Waals surface area contributed by atoms with E-state index in [0.717, 1.165) is 5.56 Å². The summed E-state index contributed by atoms with van der Waals surface area (Å²) in [6.07, 6.45) is 0.695. The van der Waals surface area contributed by atoms with Crippen molar-refractivity contribution in [2.75, 3.05) is 6.54 Å². The number of sulfonamides is 1. The molecule has 1 aliphatic heterocycles. The number of hydrogen-bond donors (Lipinski definition) is 1. The highest BCUT2D eigenvalue weighted by molar-refractivity contribution is 7.89. The number of H-pyrrole nitrogens is 1. The van der Waals surface area contributed by atoms with Crippen molar-refractivity contribution in [3.05, 3.63) is 64.1 Å². The lowest BCUT2D eigenvalue weighted by Crippen LogP contribution is -2.35. The van der Waals surface area contributed by atoms with Crippen molar-refractivity contribution in [1.82, 2.24) is 9.29 Å². The quantitative estimate of drug-likeness (QED) is 0.777. The molecule has 0 fully saturated rings. The van der Waals surface area contributed by atoms with E-state index in [4.69, 9.17) is 4.42 Å². The summed E-state index contributed by atoms with van der Waals surface area (Å²) in [5.41, 5.74) is 2.94. The van der Waals surface area contributed by atoms with Gasteiger partial charge < -0.3 is 4.42 Å². The largest absolute Gasteiger partial charge is 0.417 e. The SMILES string of the molecule is O=c1[nH]c2cc(S(=O)(=O)N3CCc4ccccc4C3)ccc2o1. The predicted molar refractivity (Wildman–Crippen MR) is 84.6 cm³/mol. The first-order chi connectivity index (χ1) is 11.0. The second kappa shape index (κ2) is 5.07. The lowest BCUT2D eigenvalue weighted by atomic mass is 10.0. The Kier molecular flexibility index (Phi) is 3.14. The van der Waals surface area contributed by atoms with Gasteiger partial charge in [-0.25, -0.2) is 13.2 Å². The summed E-state index contributed by atoms with van der Waals surface area (Å²) in [6.45, 7) is 0.803. The molecule has 1 N–H and O–H groups in total. The summed E-state index contributed by atoms with van der Waals surface area (Å²) >= 11 is 0. The standard InChI is InChI=1S/C16H14N2O4S/c19-16-17-14-9-13(5-6-15(14)22-16)23(20,21)18-8-7-11-3-1-2-4-12(11)10-18/h1-6,9H,7-8,10H2,(H,17,19). The molecular weight excluding hydrogens is 316 g/mol. The van der Waals surface area contributed by atoms with Gasteiger partial charge in [0.2, 0.25) is 10.0 Å². The van der Waals surface area contributed by atoms with Crippen molar-refractivity contribution in [3.63, 3.8) is 0 Å². The summed E-state index contributed by atoms with van der Waals surface area (Å²) in [4.78, 5) is 13.8. The number of aromatic amines is 1. The van der Waals surface area contributed by atoms with Crippen molar-refractivity contribution in [1.29, 1.82) is 0 Å². The van der Waals surface area contributed by atoms with Gasteiger partial charge in [-0.3, -0.25) is 4.98 Å². The molecule has 1 aromatic heterocycles. The zero-order chi connectivity index (χ0) is 16.0. The van der Waals surface area contributed by atoms with Crippen LogP contribution >= 0.6 is 0 Å². The first-order valence-corrected chi connectivity index (χ1v) is 8.68. The average molecular weight is 330 g/mol. The van der Waals surface area contributed by atoms with E-state index >= 15 is 0 Å². The summed E-state index contributed by atoms with van der Waals surface area (Å²) in [7, 11) is -3.62.